The first-order valence-electron chi connectivity index (χ1n) is 11.2. The molecule has 4 heterocycles. The molecule has 9 heteroatoms. The van der Waals surface area contributed by atoms with Crippen molar-refractivity contribution in [2.45, 2.75) is 18.5 Å². The van der Waals surface area contributed by atoms with Crippen LogP contribution in [0.2, 0.25) is 0 Å². The molecule has 1 aromatic carbocycles. The number of rotatable bonds is 7. The molecule has 1 aliphatic rings. The van der Waals surface area contributed by atoms with E-state index in [4.69, 9.17) is 12.2 Å². The summed E-state index contributed by atoms with van der Waals surface area (Å²) in [6, 6.07) is 19.3. The summed E-state index contributed by atoms with van der Waals surface area (Å²) in [5.41, 5.74) is 2.91. The molecule has 2 atom stereocenters. The number of halogens is 1. The number of carbonyl (C=O) groups excluding carboxylic acids is 1. The molecule has 0 saturated carbocycles. The summed E-state index contributed by atoms with van der Waals surface area (Å²) in [6.45, 7) is 0.346. The maximum absolute atomic E-state index is 14.0. The van der Waals surface area contributed by atoms with Gasteiger partial charge in [0, 0.05) is 37.3 Å². The minimum absolute atomic E-state index is 0.134. The zero-order valence-corrected chi connectivity index (χ0v) is 19.5. The summed E-state index contributed by atoms with van der Waals surface area (Å²) in [4.78, 5) is 23.5. The van der Waals surface area contributed by atoms with Crippen molar-refractivity contribution < 1.29 is 9.18 Å². The molecule has 0 aliphatic carbocycles. The van der Waals surface area contributed by atoms with Crippen molar-refractivity contribution in [1.29, 1.82) is 0 Å². The Bertz CT molecular complexity index is 1330. The number of hydrogen-bond donors (Lipinski definition) is 2. The number of hydrogen-bond acceptors (Lipinski definition) is 4. The van der Waals surface area contributed by atoms with Crippen LogP contribution in [0.1, 0.15) is 29.9 Å². The highest BCUT2D eigenvalue weighted by Gasteiger charge is 2.41. The van der Waals surface area contributed by atoms with Gasteiger partial charge in [0.25, 0.3) is 0 Å². The maximum Gasteiger partial charge on any atom is 0.226 e. The van der Waals surface area contributed by atoms with E-state index in [1.165, 1.54) is 12.1 Å². The SMILES string of the molecule is O=C(CCN1C(=S)N[C@@H](c2ccccn2)[C@@H]1c1cccn1-c1cccnc1)Nc1ccccc1F. The number of anilines is 1. The van der Waals surface area contributed by atoms with Crippen molar-refractivity contribution in [1.82, 2.24) is 24.8 Å². The maximum atomic E-state index is 14.0. The highest BCUT2D eigenvalue weighted by molar-refractivity contribution is 7.80. The van der Waals surface area contributed by atoms with Gasteiger partial charge in [-0.2, -0.15) is 0 Å². The molecule has 1 amide bonds. The van der Waals surface area contributed by atoms with Gasteiger partial charge in [0.05, 0.1) is 35.3 Å². The molecule has 0 unspecified atom stereocenters. The van der Waals surface area contributed by atoms with Crippen LogP contribution in [0.15, 0.2) is 91.5 Å². The molecule has 3 aromatic heterocycles. The second-order valence-electron chi connectivity index (χ2n) is 8.11. The lowest BCUT2D eigenvalue weighted by Crippen LogP contribution is -2.33. The smallest absolute Gasteiger partial charge is 0.226 e. The van der Waals surface area contributed by atoms with Crippen LogP contribution in [0.25, 0.3) is 5.69 Å². The molecule has 5 rings (SSSR count). The molecule has 1 aliphatic heterocycles. The Hall–Kier alpha value is -4.11. The van der Waals surface area contributed by atoms with Crippen LogP contribution >= 0.6 is 12.2 Å². The van der Waals surface area contributed by atoms with Crippen LogP contribution < -0.4 is 10.6 Å². The van der Waals surface area contributed by atoms with Crippen LogP contribution in [0, 0.1) is 5.82 Å². The lowest BCUT2D eigenvalue weighted by Gasteiger charge is -2.28. The topological polar surface area (TPSA) is 75.1 Å². The lowest BCUT2D eigenvalue weighted by molar-refractivity contribution is -0.116. The van der Waals surface area contributed by atoms with Crippen LogP contribution in [0.4, 0.5) is 10.1 Å². The highest BCUT2D eigenvalue weighted by Crippen LogP contribution is 2.39. The predicted molar refractivity (Wildman–Crippen MR) is 135 cm³/mol. The first kappa shape index (κ1) is 22.7. The Morgan fingerprint density at radius 2 is 1.91 bits per heavy atom. The first-order valence-corrected chi connectivity index (χ1v) is 11.6. The Morgan fingerprint density at radius 1 is 1.06 bits per heavy atom. The van der Waals surface area contributed by atoms with E-state index in [1.54, 1.807) is 30.7 Å². The molecule has 1 saturated heterocycles. The van der Waals surface area contributed by atoms with Gasteiger partial charge in [0.1, 0.15) is 5.82 Å². The zero-order valence-electron chi connectivity index (χ0n) is 18.7. The second-order valence-corrected chi connectivity index (χ2v) is 8.50. The second kappa shape index (κ2) is 10.0. The molecule has 0 radical (unpaired) electrons. The van der Waals surface area contributed by atoms with Gasteiger partial charge in [-0.15, -0.1) is 0 Å². The largest absolute Gasteiger partial charge is 0.352 e. The third kappa shape index (κ3) is 4.76. The van der Waals surface area contributed by atoms with Gasteiger partial charge in [-0.3, -0.25) is 14.8 Å². The molecular weight excluding hydrogens is 463 g/mol. The van der Waals surface area contributed by atoms with E-state index in [9.17, 15) is 9.18 Å². The van der Waals surface area contributed by atoms with Gasteiger partial charge < -0.3 is 20.1 Å². The number of pyridine rings is 2. The number of carbonyl (C=O) groups is 1. The van der Waals surface area contributed by atoms with Crippen molar-refractivity contribution >= 4 is 28.9 Å². The third-order valence-corrected chi connectivity index (χ3v) is 6.29. The molecule has 4 aromatic rings. The Morgan fingerprint density at radius 3 is 2.69 bits per heavy atom. The van der Waals surface area contributed by atoms with Crippen molar-refractivity contribution in [3.05, 3.63) is 109 Å². The van der Waals surface area contributed by atoms with Gasteiger partial charge in [-0.25, -0.2) is 4.39 Å². The molecule has 7 nitrogen and oxygen atoms in total. The van der Waals surface area contributed by atoms with Gasteiger partial charge in [0.2, 0.25) is 5.91 Å². The summed E-state index contributed by atoms with van der Waals surface area (Å²) < 4.78 is 16.0. The summed E-state index contributed by atoms with van der Waals surface area (Å²) in [7, 11) is 0. The summed E-state index contributed by atoms with van der Waals surface area (Å²) in [6.07, 6.45) is 7.39. The number of para-hydroxylation sites is 1. The number of nitrogens with one attached hydrogen (secondary N) is 2. The van der Waals surface area contributed by atoms with Crippen LogP contribution in [0.5, 0.6) is 0 Å². The predicted octanol–water partition coefficient (Wildman–Crippen LogP) is 4.41. The molecule has 0 bridgehead atoms. The number of amides is 1. The minimum atomic E-state index is -0.471. The van der Waals surface area contributed by atoms with Crippen molar-refractivity contribution in [3.8, 4) is 5.69 Å². The normalized spacial score (nSPS) is 17.3. The molecule has 1 fully saturated rings. The molecular formula is C26H23FN6OS. The highest BCUT2D eigenvalue weighted by atomic mass is 32.1. The lowest BCUT2D eigenvalue weighted by atomic mass is 10.0. The van der Waals surface area contributed by atoms with Crippen LogP contribution in [-0.2, 0) is 4.79 Å². The molecule has 35 heavy (non-hydrogen) atoms. The number of thiocarbonyl (C=S) groups is 1. The van der Waals surface area contributed by atoms with Gasteiger partial charge in [0.15, 0.2) is 5.11 Å². The number of nitrogens with zero attached hydrogens (tertiary/aromatic N) is 4. The quantitative estimate of drug-likeness (QED) is 0.377. The average Bonchev–Trinajstić information content (AvgIpc) is 3.49. The summed E-state index contributed by atoms with van der Waals surface area (Å²) in [5.74, 6) is -0.762. The summed E-state index contributed by atoms with van der Waals surface area (Å²) >= 11 is 5.70. The van der Waals surface area contributed by atoms with E-state index in [-0.39, 0.29) is 30.1 Å². The van der Waals surface area contributed by atoms with E-state index < -0.39 is 5.82 Å². The Balaban J connectivity index is 1.44. The monoisotopic (exact) mass is 486 g/mol. The van der Waals surface area contributed by atoms with Crippen molar-refractivity contribution in [2.24, 2.45) is 0 Å². The van der Waals surface area contributed by atoms with Gasteiger partial charge in [-0.05, 0) is 60.7 Å². The summed E-state index contributed by atoms with van der Waals surface area (Å²) in [5, 5.41) is 6.57. The Labute approximate surface area is 207 Å². The molecule has 2 N–H and O–H groups in total. The first-order chi connectivity index (χ1) is 17.1. The van der Waals surface area contributed by atoms with Gasteiger partial charge in [-0.1, -0.05) is 18.2 Å². The number of aromatic nitrogens is 3. The van der Waals surface area contributed by atoms with Crippen molar-refractivity contribution in [2.75, 3.05) is 11.9 Å². The fourth-order valence-electron chi connectivity index (χ4n) is 4.33. The third-order valence-electron chi connectivity index (χ3n) is 5.93. The van der Waals surface area contributed by atoms with E-state index in [0.717, 1.165) is 17.1 Å². The Kier molecular flexibility index (Phi) is 6.49. The van der Waals surface area contributed by atoms with Crippen LogP contribution in [-0.4, -0.2) is 37.0 Å². The fraction of sp³-hybridized carbons (Fsp3) is 0.154. The van der Waals surface area contributed by atoms with E-state index in [0.29, 0.717) is 11.7 Å². The zero-order chi connectivity index (χ0) is 24.2. The van der Waals surface area contributed by atoms with E-state index >= 15 is 0 Å². The molecule has 0 spiro atoms. The standard InChI is InChI=1S/C26H23FN6OS/c27-19-8-1-2-9-20(19)30-23(34)12-16-33-25(24(31-26(33)35)21-10-3-4-14-29-21)22-11-6-15-32(22)18-7-5-13-28-17-18/h1-11,13-15,17,24-25H,12,16H2,(H,30,34)(H,31,35)/t24-,25-/m0/s1. The van der Waals surface area contributed by atoms with Crippen LogP contribution in [0.3, 0.4) is 0 Å². The van der Waals surface area contributed by atoms with E-state index in [1.807, 2.05) is 53.6 Å². The minimum Gasteiger partial charge on any atom is -0.352 e. The van der Waals surface area contributed by atoms with Gasteiger partial charge >= 0.3 is 0 Å². The number of benzene rings is 1. The fourth-order valence-corrected chi connectivity index (χ4v) is 4.66. The van der Waals surface area contributed by atoms with Crippen molar-refractivity contribution in [3.63, 3.8) is 0 Å². The average molecular weight is 487 g/mol. The van der Waals surface area contributed by atoms with E-state index in [2.05, 4.69) is 25.2 Å². The molecule has 176 valence electrons.